The SMILES string of the molecule is Cc1cc(OCC(=O)NNC(=S)NC(=O)c2ccccc2OCC(C)C)cc(C)c1Cl. The molecule has 0 aliphatic heterocycles. The van der Waals surface area contributed by atoms with Gasteiger partial charge >= 0.3 is 0 Å². The first kappa shape index (κ1) is 24.4. The number of nitrogens with one attached hydrogen (secondary N) is 3. The second-order valence-corrected chi connectivity index (χ2v) is 8.10. The van der Waals surface area contributed by atoms with Crippen LogP contribution in [0.4, 0.5) is 0 Å². The molecule has 0 atom stereocenters. The molecule has 0 spiro atoms. The van der Waals surface area contributed by atoms with Crippen molar-refractivity contribution in [2.24, 2.45) is 5.92 Å². The van der Waals surface area contributed by atoms with Crippen LogP contribution in [0.25, 0.3) is 0 Å². The molecule has 0 aliphatic carbocycles. The molecule has 0 saturated heterocycles. The predicted molar refractivity (Wildman–Crippen MR) is 125 cm³/mol. The average molecular weight is 464 g/mol. The van der Waals surface area contributed by atoms with E-state index in [4.69, 9.17) is 33.3 Å². The summed E-state index contributed by atoms with van der Waals surface area (Å²) in [6.45, 7) is 7.99. The second kappa shape index (κ2) is 11.5. The van der Waals surface area contributed by atoms with E-state index in [1.807, 2.05) is 27.7 Å². The van der Waals surface area contributed by atoms with Crippen molar-refractivity contribution in [2.45, 2.75) is 27.7 Å². The van der Waals surface area contributed by atoms with Crippen LogP contribution < -0.4 is 25.6 Å². The van der Waals surface area contributed by atoms with Crippen molar-refractivity contribution in [2.75, 3.05) is 13.2 Å². The molecule has 9 heteroatoms. The van der Waals surface area contributed by atoms with Crippen LogP contribution in [-0.2, 0) is 4.79 Å². The van der Waals surface area contributed by atoms with Gasteiger partial charge in [0.25, 0.3) is 11.8 Å². The van der Waals surface area contributed by atoms with Crippen LogP contribution in [0, 0.1) is 19.8 Å². The van der Waals surface area contributed by atoms with E-state index in [1.165, 1.54) is 0 Å². The van der Waals surface area contributed by atoms with E-state index in [-0.39, 0.29) is 11.7 Å². The lowest BCUT2D eigenvalue weighted by Gasteiger charge is -2.14. The Morgan fingerprint density at radius 1 is 1.06 bits per heavy atom. The fourth-order valence-electron chi connectivity index (χ4n) is 2.54. The number of carbonyl (C=O) groups excluding carboxylic acids is 2. The Kier molecular flexibility index (Phi) is 9.08. The monoisotopic (exact) mass is 463 g/mol. The number of aryl methyl sites for hydroxylation is 2. The molecule has 3 N–H and O–H groups in total. The van der Waals surface area contributed by atoms with E-state index in [1.54, 1.807) is 36.4 Å². The van der Waals surface area contributed by atoms with Gasteiger partial charge in [0.1, 0.15) is 11.5 Å². The maximum Gasteiger partial charge on any atom is 0.276 e. The molecule has 7 nitrogen and oxygen atoms in total. The van der Waals surface area contributed by atoms with Crippen molar-refractivity contribution < 1.29 is 19.1 Å². The Morgan fingerprint density at radius 2 is 1.71 bits per heavy atom. The zero-order chi connectivity index (χ0) is 23.0. The van der Waals surface area contributed by atoms with Crippen LogP contribution in [0.3, 0.4) is 0 Å². The summed E-state index contributed by atoms with van der Waals surface area (Å²) in [5.74, 6) is 0.389. The number of para-hydroxylation sites is 1. The predicted octanol–water partition coefficient (Wildman–Crippen LogP) is 3.71. The van der Waals surface area contributed by atoms with E-state index >= 15 is 0 Å². The zero-order valence-corrected chi connectivity index (χ0v) is 19.4. The van der Waals surface area contributed by atoms with Crippen molar-refractivity contribution in [3.63, 3.8) is 0 Å². The molecule has 0 aliphatic rings. The van der Waals surface area contributed by atoms with Crippen molar-refractivity contribution in [3.05, 3.63) is 58.1 Å². The average Bonchev–Trinajstić information content (AvgIpc) is 2.73. The molecule has 0 radical (unpaired) electrons. The number of rotatable bonds is 7. The molecule has 0 aromatic heterocycles. The van der Waals surface area contributed by atoms with Gasteiger partial charge in [0, 0.05) is 5.02 Å². The summed E-state index contributed by atoms with van der Waals surface area (Å²) in [5.41, 5.74) is 6.92. The summed E-state index contributed by atoms with van der Waals surface area (Å²) in [5, 5.41) is 3.11. The molecule has 2 aromatic rings. The summed E-state index contributed by atoms with van der Waals surface area (Å²) in [4.78, 5) is 24.5. The van der Waals surface area contributed by atoms with E-state index in [9.17, 15) is 9.59 Å². The number of hydrazine groups is 1. The lowest BCUT2D eigenvalue weighted by Crippen LogP contribution is -2.49. The fraction of sp³-hybridized carbons (Fsp3) is 0.318. The van der Waals surface area contributed by atoms with Crippen molar-refractivity contribution in [1.82, 2.24) is 16.2 Å². The molecular formula is C22H26ClN3O4S. The number of thiocarbonyl (C=S) groups is 1. The molecule has 0 saturated carbocycles. The quantitative estimate of drug-likeness (QED) is 0.428. The Bertz CT molecular complexity index is 943. The van der Waals surface area contributed by atoms with Gasteiger partial charge in [0.2, 0.25) is 0 Å². The number of hydrogen-bond acceptors (Lipinski definition) is 5. The van der Waals surface area contributed by atoms with Crippen LogP contribution in [0.2, 0.25) is 5.02 Å². The molecule has 0 fully saturated rings. The molecule has 0 bridgehead atoms. The topological polar surface area (TPSA) is 88.7 Å². The summed E-state index contributed by atoms with van der Waals surface area (Å²) in [6.07, 6.45) is 0. The third-order valence-corrected chi connectivity index (χ3v) is 4.83. The highest BCUT2D eigenvalue weighted by molar-refractivity contribution is 7.80. The first-order chi connectivity index (χ1) is 14.7. The number of amides is 2. The third-order valence-electron chi connectivity index (χ3n) is 4.03. The van der Waals surface area contributed by atoms with E-state index in [0.29, 0.717) is 34.6 Å². The third kappa shape index (κ3) is 7.73. The first-order valence-corrected chi connectivity index (χ1v) is 10.5. The van der Waals surface area contributed by atoms with Gasteiger partial charge in [-0.1, -0.05) is 37.6 Å². The highest BCUT2D eigenvalue weighted by Crippen LogP contribution is 2.25. The highest BCUT2D eigenvalue weighted by Gasteiger charge is 2.14. The Hall–Kier alpha value is -2.84. The van der Waals surface area contributed by atoms with E-state index < -0.39 is 11.8 Å². The van der Waals surface area contributed by atoms with Crippen LogP contribution in [0.1, 0.15) is 35.3 Å². The maximum absolute atomic E-state index is 12.5. The first-order valence-electron chi connectivity index (χ1n) is 9.69. The van der Waals surface area contributed by atoms with Gasteiger partial charge in [0.15, 0.2) is 11.7 Å². The molecule has 2 rings (SSSR count). The minimum absolute atomic E-state index is 0.0600. The summed E-state index contributed by atoms with van der Waals surface area (Å²) in [6, 6.07) is 10.4. The number of benzene rings is 2. The van der Waals surface area contributed by atoms with Crippen LogP contribution in [0.5, 0.6) is 11.5 Å². The lowest BCUT2D eigenvalue weighted by molar-refractivity contribution is -0.123. The second-order valence-electron chi connectivity index (χ2n) is 7.32. The summed E-state index contributed by atoms with van der Waals surface area (Å²) >= 11 is 11.2. The summed E-state index contributed by atoms with van der Waals surface area (Å²) < 4.78 is 11.1. The van der Waals surface area contributed by atoms with Gasteiger partial charge < -0.3 is 9.47 Å². The van der Waals surface area contributed by atoms with E-state index in [0.717, 1.165) is 11.1 Å². The van der Waals surface area contributed by atoms with Crippen molar-refractivity contribution >= 4 is 40.7 Å². The summed E-state index contributed by atoms with van der Waals surface area (Å²) in [7, 11) is 0. The standard InChI is InChI=1S/C22H26ClN3O4S/c1-13(2)11-30-18-8-6-5-7-17(18)21(28)24-22(31)26-25-19(27)12-29-16-9-14(3)20(23)15(4)10-16/h5-10,13H,11-12H2,1-4H3,(H,25,27)(H2,24,26,28,31). The molecule has 0 unspecified atom stereocenters. The smallest absolute Gasteiger partial charge is 0.276 e. The normalized spacial score (nSPS) is 10.4. The van der Waals surface area contributed by atoms with Crippen LogP contribution in [-0.4, -0.2) is 30.1 Å². The number of halogens is 1. The Morgan fingerprint density at radius 3 is 2.35 bits per heavy atom. The highest BCUT2D eigenvalue weighted by atomic mass is 35.5. The van der Waals surface area contributed by atoms with Crippen molar-refractivity contribution in [3.8, 4) is 11.5 Å². The van der Waals surface area contributed by atoms with Crippen LogP contribution in [0.15, 0.2) is 36.4 Å². The maximum atomic E-state index is 12.5. The largest absolute Gasteiger partial charge is 0.492 e. The van der Waals surface area contributed by atoms with Gasteiger partial charge in [-0.25, -0.2) is 0 Å². The van der Waals surface area contributed by atoms with Crippen molar-refractivity contribution in [1.29, 1.82) is 0 Å². The number of hydrogen-bond donors (Lipinski definition) is 3. The Labute approximate surface area is 192 Å². The fourth-order valence-corrected chi connectivity index (χ4v) is 2.79. The zero-order valence-electron chi connectivity index (χ0n) is 17.9. The van der Waals surface area contributed by atoms with Gasteiger partial charge in [0.05, 0.1) is 12.2 Å². The van der Waals surface area contributed by atoms with Gasteiger partial charge in [-0.2, -0.15) is 0 Å². The van der Waals surface area contributed by atoms with Crippen LogP contribution >= 0.6 is 23.8 Å². The van der Waals surface area contributed by atoms with Gasteiger partial charge in [-0.15, -0.1) is 0 Å². The molecule has 166 valence electrons. The molecule has 0 heterocycles. The Balaban J connectivity index is 1.82. The molecule has 31 heavy (non-hydrogen) atoms. The molecule has 2 amide bonds. The van der Waals surface area contributed by atoms with Gasteiger partial charge in [-0.3, -0.25) is 25.8 Å². The molecular weight excluding hydrogens is 438 g/mol. The lowest BCUT2D eigenvalue weighted by atomic mass is 10.1. The number of carbonyl (C=O) groups is 2. The van der Waals surface area contributed by atoms with E-state index in [2.05, 4.69) is 16.2 Å². The number of ether oxygens (including phenoxy) is 2. The van der Waals surface area contributed by atoms with Gasteiger partial charge in [-0.05, 0) is 67.4 Å². The minimum Gasteiger partial charge on any atom is -0.492 e. The minimum atomic E-state index is -0.470. The molecule has 2 aromatic carbocycles.